The topological polar surface area (TPSA) is 47.3 Å². The molecule has 0 N–H and O–H groups in total. The maximum Gasteiger partial charge on any atom is 0.171 e. The number of hydrogen-bond donors (Lipinski definition) is 0. The van der Waals surface area contributed by atoms with Gasteiger partial charge < -0.3 is 4.57 Å². The van der Waals surface area contributed by atoms with Crippen molar-refractivity contribution in [3.8, 4) is 11.1 Å². The Morgan fingerprint density at radius 2 is 1.18 bits per heavy atom. The van der Waals surface area contributed by atoms with Crippen molar-refractivity contribution in [3.05, 3.63) is 158 Å². The van der Waals surface area contributed by atoms with Crippen molar-refractivity contribution in [1.29, 1.82) is 0 Å². The van der Waals surface area contributed by atoms with Crippen LogP contribution in [-0.2, 0) is 4.57 Å². The van der Waals surface area contributed by atoms with Gasteiger partial charge in [-0.3, -0.25) is 9.38 Å². The molecule has 0 amide bonds. The first-order chi connectivity index (χ1) is 22.2. The van der Waals surface area contributed by atoms with Crippen molar-refractivity contribution in [2.75, 3.05) is 0 Å². The normalized spacial score (nSPS) is 12.1. The Morgan fingerprint density at radius 1 is 0.533 bits per heavy atom. The van der Waals surface area contributed by atoms with Crippen LogP contribution in [-0.4, -0.2) is 14.4 Å². The minimum Gasteiger partial charge on any atom is -0.309 e. The van der Waals surface area contributed by atoms with Crippen LogP contribution in [0.25, 0.3) is 60.4 Å². The van der Waals surface area contributed by atoms with Crippen LogP contribution in [0, 0.1) is 0 Å². The summed E-state index contributed by atoms with van der Waals surface area (Å²) in [6, 6.07) is 51.2. The molecule has 3 aromatic heterocycles. The molecule has 0 aliphatic rings. The number of pyridine rings is 2. The van der Waals surface area contributed by atoms with Gasteiger partial charge in [-0.15, -0.1) is 0 Å². The quantitative estimate of drug-likeness (QED) is 0.151. The van der Waals surface area contributed by atoms with E-state index in [0.29, 0.717) is 0 Å². The van der Waals surface area contributed by atoms with Crippen LogP contribution in [0.1, 0.15) is 0 Å². The van der Waals surface area contributed by atoms with Crippen LogP contribution in [0.5, 0.6) is 0 Å². The van der Waals surface area contributed by atoms with Crippen molar-refractivity contribution in [1.82, 2.24) is 14.4 Å². The van der Waals surface area contributed by atoms with Crippen molar-refractivity contribution in [3.63, 3.8) is 0 Å². The van der Waals surface area contributed by atoms with E-state index in [1.54, 1.807) is 0 Å². The van der Waals surface area contributed by atoms with E-state index < -0.39 is 7.14 Å². The first kappa shape index (κ1) is 25.9. The lowest BCUT2D eigenvalue weighted by molar-refractivity contribution is 0.592. The summed E-state index contributed by atoms with van der Waals surface area (Å²) in [5.41, 5.74) is 7.10. The van der Waals surface area contributed by atoms with Crippen LogP contribution in [0.4, 0.5) is 0 Å². The fourth-order valence-electron chi connectivity index (χ4n) is 6.74. The zero-order chi connectivity index (χ0) is 30.0. The van der Waals surface area contributed by atoms with Gasteiger partial charge in [0.15, 0.2) is 7.14 Å². The molecule has 9 rings (SSSR count). The Kier molecular flexibility index (Phi) is 5.74. The molecule has 9 aromatic rings. The summed E-state index contributed by atoms with van der Waals surface area (Å²) in [5, 5.41) is 6.91. The highest BCUT2D eigenvalue weighted by atomic mass is 31.2. The number of hydrogen-bond acceptors (Lipinski definition) is 3. The summed E-state index contributed by atoms with van der Waals surface area (Å²) in [6.07, 6.45) is 1.85. The highest BCUT2D eigenvalue weighted by Gasteiger charge is 2.29. The molecule has 0 fully saturated rings. The van der Waals surface area contributed by atoms with Gasteiger partial charge in [-0.2, -0.15) is 0 Å². The highest BCUT2D eigenvalue weighted by molar-refractivity contribution is 7.85. The van der Waals surface area contributed by atoms with Crippen molar-refractivity contribution in [2.24, 2.45) is 0 Å². The molecule has 0 saturated carbocycles. The number of para-hydroxylation sites is 2. The molecule has 45 heavy (non-hydrogen) atoms. The molecule has 0 aliphatic carbocycles. The van der Waals surface area contributed by atoms with Crippen LogP contribution < -0.4 is 15.9 Å². The molecule has 6 aromatic carbocycles. The zero-order valence-electron chi connectivity index (χ0n) is 24.2. The predicted octanol–water partition coefficient (Wildman–Crippen LogP) is 8.65. The van der Waals surface area contributed by atoms with Gasteiger partial charge in [0, 0.05) is 32.9 Å². The van der Waals surface area contributed by atoms with E-state index in [-0.39, 0.29) is 0 Å². The van der Waals surface area contributed by atoms with E-state index in [0.717, 1.165) is 76.3 Å². The van der Waals surface area contributed by atoms with Crippen molar-refractivity contribution < 1.29 is 4.57 Å². The van der Waals surface area contributed by atoms with Gasteiger partial charge in [0.2, 0.25) is 0 Å². The fourth-order valence-corrected chi connectivity index (χ4v) is 9.39. The third-order valence-electron chi connectivity index (χ3n) is 8.89. The van der Waals surface area contributed by atoms with Gasteiger partial charge in [0.1, 0.15) is 5.65 Å². The molecule has 212 valence electrons. The van der Waals surface area contributed by atoms with E-state index in [2.05, 4.69) is 71.1 Å². The number of fused-ring (bicyclic) bond motifs is 10. The number of nitrogens with zero attached hydrogens (tertiary/aromatic N) is 3. The van der Waals surface area contributed by atoms with E-state index in [1.807, 2.05) is 91.1 Å². The average molecular weight is 596 g/mol. The van der Waals surface area contributed by atoms with Gasteiger partial charge in [-0.1, -0.05) is 127 Å². The molecular formula is C40H26N3OP. The third-order valence-corrected chi connectivity index (χ3v) is 12.0. The van der Waals surface area contributed by atoms with E-state index in [9.17, 15) is 4.57 Å². The predicted molar refractivity (Wildman–Crippen MR) is 188 cm³/mol. The SMILES string of the molecule is O=P(c1ccccc1)(c1ccccc1)c1ccc(-c2ccc3c4ccc5cccnc5c4c4nc5ccccc5n4c3c2)cc1. The van der Waals surface area contributed by atoms with Gasteiger partial charge in [-0.25, -0.2) is 4.98 Å². The number of benzene rings is 6. The Morgan fingerprint density at radius 3 is 1.93 bits per heavy atom. The summed E-state index contributed by atoms with van der Waals surface area (Å²) in [4.78, 5) is 9.93. The van der Waals surface area contributed by atoms with E-state index in [1.165, 1.54) is 0 Å². The molecule has 0 unspecified atom stereocenters. The summed E-state index contributed by atoms with van der Waals surface area (Å²) in [5.74, 6) is 0. The summed E-state index contributed by atoms with van der Waals surface area (Å²) in [6.45, 7) is 0. The van der Waals surface area contributed by atoms with Crippen LogP contribution >= 0.6 is 7.14 Å². The maximum absolute atomic E-state index is 14.9. The molecule has 4 nitrogen and oxygen atoms in total. The number of aromatic nitrogens is 3. The molecule has 5 heteroatoms. The van der Waals surface area contributed by atoms with Crippen LogP contribution in [0.3, 0.4) is 0 Å². The average Bonchev–Trinajstić information content (AvgIpc) is 3.51. The first-order valence-electron chi connectivity index (χ1n) is 15.0. The zero-order valence-corrected chi connectivity index (χ0v) is 25.1. The molecule has 0 bridgehead atoms. The Hall–Kier alpha value is -5.57. The van der Waals surface area contributed by atoms with Gasteiger partial charge in [0.05, 0.1) is 27.5 Å². The van der Waals surface area contributed by atoms with Gasteiger partial charge in [0.25, 0.3) is 0 Å². The maximum atomic E-state index is 14.9. The molecule has 0 aliphatic heterocycles. The summed E-state index contributed by atoms with van der Waals surface area (Å²) >= 11 is 0. The summed E-state index contributed by atoms with van der Waals surface area (Å²) in [7, 11) is -3.04. The first-order valence-corrected chi connectivity index (χ1v) is 16.7. The molecule has 3 heterocycles. The third kappa shape index (κ3) is 3.90. The molecular weight excluding hydrogens is 569 g/mol. The molecule has 0 spiro atoms. The van der Waals surface area contributed by atoms with Gasteiger partial charge in [-0.05, 0) is 40.8 Å². The largest absolute Gasteiger partial charge is 0.309 e. The standard InChI is InChI=1S/C40H26N3OP/c44-45(30-11-3-1-4-12-30,31-13-5-2-6-14-31)32-21-17-27(18-22-32)29-20-23-33-34-24-19-28-10-9-25-41-39(28)38(34)40-42-35-15-7-8-16-36(35)43(40)37(33)26-29/h1-26H. The monoisotopic (exact) mass is 595 g/mol. The van der Waals surface area contributed by atoms with Crippen LogP contribution in [0.15, 0.2) is 158 Å². The molecule has 0 radical (unpaired) electrons. The lowest BCUT2D eigenvalue weighted by atomic mass is 9.99. The van der Waals surface area contributed by atoms with Gasteiger partial charge >= 0.3 is 0 Å². The van der Waals surface area contributed by atoms with Crippen LogP contribution in [0.2, 0.25) is 0 Å². The second-order valence-electron chi connectivity index (χ2n) is 11.4. The van der Waals surface area contributed by atoms with Crippen molar-refractivity contribution in [2.45, 2.75) is 0 Å². The van der Waals surface area contributed by atoms with Crippen molar-refractivity contribution >= 4 is 72.3 Å². The Labute approximate surface area is 259 Å². The minimum atomic E-state index is -3.04. The Bertz CT molecular complexity index is 2570. The van der Waals surface area contributed by atoms with E-state index >= 15 is 0 Å². The lowest BCUT2D eigenvalue weighted by Crippen LogP contribution is -2.24. The number of imidazole rings is 1. The lowest BCUT2D eigenvalue weighted by Gasteiger charge is -2.20. The second-order valence-corrected chi connectivity index (χ2v) is 14.1. The smallest absolute Gasteiger partial charge is 0.171 e. The Balaban J connectivity index is 1.26. The fraction of sp³-hybridized carbons (Fsp3) is 0. The molecule has 0 saturated heterocycles. The number of rotatable bonds is 4. The minimum absolute atomic E-state index is 0.817. The molecule has 0 atom stereocenters. The second kappa shape index (κ2) is 9.99. The van der Waals surface area contributed by atoms with E-state index in [4.69, 9.17) is 9.97 Å². The summed E-state index contributed by atoms with van der Waals surface area (Å²) < 4.78 is 17.2. The highest BCUT2D eigenvalue weighted by Crippen LogP contribution is 2.43.